The van der Waals surface area contributed by atoms with E-state index in [1.165, 1.54) is 12.0 Å². The van der Waals surface area contributed by atoms with Crippen molar-refractivity contribution in [3.63, 3.8) is 0 Å². The van der Waals surface area contributed by atoms with Gasteiger partial charge in [0.25, 0.3) is 0 Å². The number of anilines is 2. The largest absolute Gasteiger partial charge is 0.355 e. The maximum absolute atomic E-state index is 12.7. The molecule has 0 spiro atoms. The summed E-state index contributed by atoms with van der Waals surface area (Å²) in [7, 11) is 0. The summed E-state index contributed by atoms with van der Waals surface area (Å²) in [6.45, 7) is 4.44. The number of carbonyl (C=O) groups excluding carboxylic acids is 1. The third-order valence-electron chi connectivity index (χ3n) is 5.35. The van der Waals surface area contributed by atoms with Crippen LogP contribution in [0.15, 0.2) is 42.6 Å². The highest BCUT2D eigenvalue weighted by atomic mass is 32.1. The lowest BCUT2D eigenvalue weighted by Gasteiger charge is -2.29. The molecule has 8 heteroatoms. The van der Waals surface area contributed by atoms with Gasteiger partial charge in [-0.2, -0.15) is 5.10 Å². The van der Waals surface area contributed by atoms with Crippen molar-refractivity contribution in [3.8, 4) is 11.4 Å². The number of pyridine rings is 1. The van der Waals surface area contributed by atoms with Gasteiger partial charge in [0.2, 0.25) is 5.91 Å². The predicted octanol–water partition coefficient (Wildman–Crippen LogP) is 4.33. The van der Waals surface area contributed by atoms with Gasteiger partial charge in [0.15, 0.2) is 16.4 Å². The number of aromatic nitrogens is 4. The number of carbonyl (C=O) groups is 1. The van der Waals surface area contributed by atoms with Gasteiger partial charge < -0.3 is 10.2 Å². The first kappa shape index (κ1) is 20.3. The Hall–Kier alpha value is -3.00. The number of aryl methyl sites for hydroxylation is 1. The molecule has 0 unspecified atom stereocenters. The van der Waals surface area contributed by atoms with Gasteiger partial charge in [0.1, 0.15) is 0 Å². The number of aromatic amines is 1. The van der Waals surface area contributed by atoms with Crippen LogP contribution in [-0.4, -0.2) is 38.7 Å². The Labute approximate surface area is 181 Å². The van der Waals surface area contributed by atoms with Crippen LogP contribution < -0.4 is 10.2 Å². The molecule has 1 aliphatic rings. The van der Waals surface area contributed by atoms with Gasteiger partial charge in [-0.1, -0.05) is 29.8 Å². The van der Waals surface area contributed by atoms with Crippen molar-refractivity contribution < 1.29 is 4.79 Å². The van der Waals surface area contributed by atoms with Crippen molar-refractivity contribution in [2.75, 3.05) is 23.3 Å². The third-order valence-corrected chi connectivity index (χ3v) is 5.66. The maximum Gasteiger partial charge on any atom is 0.226 e. The number of rotatable bonds is 6. The fourth-order valence-electron chi connectivity index (χ4n) is 3.73. The Balaban J connectivity index is 1.45. The standard InChI is InChI=1S/C22H26N6OS/c1-16-7-9-17(10-8-16)20-25-26-22(30)28(20)15-11-19(29)24-18-6-5-12-23-21(18)27-13-3-2-4-14-27/h5-10,12H,2-4,11,13-15H2,1H3,(H,24,29)(H,26,30). The van der Waals surface area contributed by atoms with Gasteiger partial charge in [0.05, 0.1) is 5.69 Å². The van der Waals surface area contributed by atoms with Crippen molar-refractivity contribution in [3.05, 3.63) is 52.9 Å². The van der Waals surface area contributed by atoms with Crippen molar-refractivity contribution in [2.45, 2.75) is 39.2 Å². The lowest BCUT2D eigenvalue weighted by Crippen LogP contribution is -2.31. The quantitative estimate of drug-likeness (QED) is 0.578. The van der Waals surface area contributed by atoms with Crippen molar-refractivity contribution in [1.29, 1.82) is 0 Å². The zero-order valence-electron chi connectivity index (χ0n) is 17.1. The van der Waals surface area contributed by atoms with Gasteiger partial charge in [-0.3, -0.25) is 14.5 Å². The van der Waals surface area contributed by atoms with E-state index >= 15 is 0 Å². The van der Waals surface area contributed by atoms with Crippen molar-refractivity contribution in [2.24, 2.45) is 0 Å². The summed E-state index contributed by atoms with van der Waals surface area (Å²) in [5, 5.41) is 10.2. The van der Waals surface area contributed by atoms with E-state index in [2.05, 4.69) is 25.4 Å². The molecule has 1 aliphatic heterocycles. The second kappa shape index (κ2) is 9.21. The van der Waals surface area contributed by atoms with Gasteiger partial charge >= 0.3 is 0 Å². The molecule has 4 rings (SSSR count). The number of nitrogens with one attached hydrogen (secondary N) is 2. The first-order chi connectivity index (χ1) is 14.6. The minimum atomic E-state index is -0.0702. The van der Waals surface area contributed by atoms with Gasteiger partial charge in [-0.15, -0.1) is 0 Å². The van der Waals surface area contributed by atoms with Gasteiger partial charge in [-0.05, 0) is 50.5 Å². The molecular weight excluding hydrogens is 396 g/mol. The Morgan fingerprint density at radius 3 is 2.70 bits per heavy atom. The molecule has 0 bridgehead atoms. The van der Waals surface area contributed by atoms with Gasteiger partial charge in [0, 0.05) is 37.8 Å². The molecule has 1 saturated heterocycles. The highest BCUT2D eigenvalue weighted by molar-refractivity contribution is 7.71. The van der Waals surface area contributed by atoms with E-state index in [0.717, 1.165) is 48.8 Å². The maximum atomic E-state index is 12.7. The number of benzene rings is 1. The van der Waals surface area contributed by atoms with E-state index in [1.807, 2.05) is 47.9 Å². The summed E-state index contributed by atoms with van der Waals surface area (Å²) in [4.78, 5) is 19.5. The molecule has 0 atom stereocenters. The van der Waals surface area contributed by atoms with Crippen LogP contribution in [0.25, 0.3) is 11.4 Å². The average Bonchev–Trinajstić information content (AvgIpc) is 3.14. The number of H-pyrrole nitrogens is 1. The Kier molecular flexibility index (Phi) is 6.23. The zero-order chi connectivity index (χ0) is 20.9. The first-order valence-corrected chi connectivity index (χ1v) is 10.7. The molecule has 2 N–H and O–H groups in total. The third kappa shape index (κ3) is 4.59. The predicted molar refractivity (Wildman–Crippen MR) is 121 cm³/mol. The van der Waals surface area contributed by atoms with Crippen LogP contribution in [0.1, 0.15) is 31.2 Å². The van der Waals surface area contributed by atoms with Gasteiger partial charge in [-0.25, -0.2) is 4.98 Å². The molecule has 1 amide bonds. The second-order valence-electron chi connectivity index (χ2n) is 7.59. The smallest absolute Gasteiger partial charge is 0.226 e. The van der Waals surface area contributed by atoms with Crippen LogP contribution in [-0.2, 0) is 11.3 Å². The Bertz CT molecular complexity index is 1070. The lowest BCUT2D eigenvalue weighted by molar-refractivity contribution is -0.116. The molecule has 3 heterocycles. The normalized spacial score (nSPS) is 14.0. The lowest BCUT2D eigenvalue weighted by atomic mass is 10.1. The first-order valence-electron chi connectivity index (χ1n) is 10.3. The molecule has 156 valence electrons. The van der Waals surface area contributed by atoms with E-state index in [9.17, 15) is 4.79 Å². The number of hydrogen-bond donors (Lipinski definition) is 2. The molecule has 2 aromatic heterocycles. The van der Waals surface area contributed by atoms with E-state index < -0.39 is 0 Å². The minimum absolute atomic E-state index is 0.0702. The highest BCUT2D eigenvalue weighted by Crippen LogP contribution is 2.26. The average molecular weight is 423 g/mol. The second-order valence-corrected chi connectivity index (χ2v) is 7.98. The van der Waals surface area contributed by atoms with Crippen LogP contribution in [0.4, 0.5) is 11.5 Å². The minimum Gasteiger partial charge on any atom is -0.355 e. The van der Waals surface area contributed by atoms with E-state index in [1.54, 1.807) is 6.20 Å². The van der Waals surface area contributed by atoms with E-state index in [0.29, 0.717) is 17.7 Å². The molecule has 1 aromatic carbocycles. The summed E-state index contributed by atoms with van der Waals surface area (Å²) in [6, 6.07) is 11.9. The molecule has 30 heavy (non-hydrogen) atoms. The number of amides is 1. The molecule has 0 saturated carbocycles. The van der Waals surface area contributed by atoms with Crippen LogP contribution in [0.2, 0.25) is 0 Å². The number of nitrogens with zero attached hydrogens (tertiary/aromatic N) is 4. The van der Waals surface area contributed by atoms with Crippen LogP contribution in [0.3, 0.4) is 0 Å². The fourth-order valence-corrected chi connectivity index (χ4v) is 3.95. The Morgan fingerprint density at radius 2 is 1.93 bits per heavy atom. The van der Waals surface area contributed by atoms with Crippen LogP contribution >= 0.6 is 12.2 Å². The topological polar surface area (TPSA) is 78.8 Å². The van der Waals surface area contributed by atoms with Crippen LogP contribution in [0.5, 0.6) is 0 Å². The molecule has 7 nitrogen and oxygen atoms in total. The summed E-state index contributed by atoms with van der Waals surface area (Å²) >= 11 is 5.38. The Morgan fingerprint density at radius 1 is 1.17 bits per heavy atom. The highest BCUT2D eigenvalue weighted by Gasteiger charge is 2.17. The van der Waals surface area contributed by atoms with E-state index in [4.69, 9.17) is 12.2 Å². The summed E-state index contributed by atoms with van der Waals surface area (Å²) in [6.07, 6.45) is 5.63. The summed E-state index contributed by atoms with van der Waals surface area (Å²) in [5.74, 6) is 1.52. The number of hydrogen-bond acceptors (Lipinski definition) is 5. The number of piperidine rings is 1. The van der Waals surface area contributed by atoms with Crippen molar-refractivity contribution in [1.82, 2.24) is 19.7 Å². The zero-order valence-corrected chi connectivity index (χ0v) is 17.9. The molecule has 1 fully saturated rings. The molecule has 0 radical (unpaired) electrons. The van der Waals surface area contributed by atoms with E-state index in [-0.39, 0.29) is 5.91 Å². The SMILES string of the molecule is Cc1ccc(-c2n[nH]c(=S)n2CCC(=O)Nc2cccnc2N2CCCCC2)cc1. The monoisotopic (exact) mass is 422 g/mol. The van der Waals surface area contributed by atoms with Crippen LogP contribution in [0, 0.1) is 11.7 Å². The summed E-state index contributed by atoms with van der Waals surface area (Å²) < 4.78 is 2.38. The summed E-state index contributed by atoms with van der Waals surface area (Å²) in [5.41, 5.74) is 2.91. The molecule has 3 aromatic rings. The van der Waals surface area contributed by atoms with Crippen molar-refractivity contribution >= 4 is 29.6 Å². The molecular formula is C22H26N6OS. The fraction of sp³-hybridized carbons (Fsp3) is 0.364. The molecule has 0 aliphatic carbocycles.